The molecule has 60 heavy (non-hydrogen) atoms. The fourth-order valence-electron chi connectivity index (χ4n) is 6.12. The fourth-order valence-corrected chi connectivity index (χ4v) is 6.61. The van der Waals surface area contributed by atoms with Gasteiger partial charge in [-0.2, -0.15) is 8.78 Å². The highest BCUT2D eigenvalue weighted by Crippen LogP contribution is 2.59. The molecule has 0 saturated carbocycles. The quantitative estimate of drug-likeness (QED) is 0.0335. The van der Waals surface area contributed by atoms with Crippen LogP contribution in [0.15, 0.2) is 97.1 Å². The first-order chi connectivity index (χ1) is 28.4. The van der Waals surface area contributed by atoms with Crippen LogP contribution in [0.1, 0.15) is 64.4 Å². The molecular weight excluding hydrogens is 803 g/mol. The Morgan fingerprint density at radius 1 is 0.700 bits per heavy atom. The van der Waals surface area contributed by atoms with Crippen molar-refractivity contribution in [3.05, 3.63) is 130 Å². The van der Waals surface area contributed by atoms with Gasteiger partial charge in [0.1, 0.15) is 18.1 Å². The predicted octanol–water partition coefficient (Wildman–Crippen LogP) is 3.46. The van der Waals surface area contributed by atoms with Crippen molar-refractivity contribution in [3.63, 3.8) is 0 Å². The largest absolute Gasteiger partial charge is 0.504 e. The first-order valence-electron chi connectivity index (χ1n) is 19.0. The lowest BCUT2D eigenvalue weighted by Gasteiger charge is -2.25. The van der Waals surface area contributed by atoms with Gasteiger partial charge in [-0.1, -0.05) is 79.7 Å². The normalized spacial score (nSPS) is 13.0. The van der Waals surface area contributed by atoms with Crippen LogP contribution < -0.4 is 27.0 Å². The molecule has 0 bridgehead atoms. The van der Waals surface area contributed by atoms with E-state index in [0.29, 0.717) is 29.5 Å². The number of carbonyl (C=O) groups excluding carboxylic acids is 5. The number of halogens is 2. The Kier molecular flexibility index (Phi) is 16.4. The van der Waals surface area contributed by atoms with Gasteiger partial charge in [-0.25, -0.2) is 0 Å². The molecule has 0 fully saturated rings. The molecule has 0 saturated heterocycles. The molecule has 0 heterocycles. The minimum atomic E-state index is -5.89. The lowest BCUT2D eigenvalue weighted by molar-refractivity contribution is -0.133. The average Bonchev–Trinajstić information content (AvgIpc) is 3.21. The van der Waals surface area contributed by atoms with Crippen LogP contribution in [0.25, 0.3) is 0 Å². The van der Waals surface area contributed by atoms with Gasteiger partial charge in [-0.15, -0.1) is 0 Å². The number of hydrogen-bond donors (Lipinski definition) is 9. The Morgan fingerprint density at radius 3 is 1.82 bits per heavy atom. The summed E-state index contributed by atoms with van der Waals surface area (Å²) in [5, 5.41) is 30.1. The molecule has 0 aromatic heterocycles. The van der Waals surface area contributed by atoms with Crippen LogP contribution in [0, 0.1) is 0 Å². The van der Waals surface area contributed by atoms with Gasteiger partial charge in [0.15, 0.2) is 11.5 Å². The number of hydrogen-bond acceptors (Lipinski definition) is 8. The summed E-state index contributed by atoms with van der Waals surface area (Å²) in [5.74, 6) is -4.43. The van der Waals surface area contributed by atoms with Gasteiger partial charge in [0.25, 0.3) is 5.91 Å². The maximum atomic E-state index is 14.4. The number of aromatic hydroxyl groups is 2. The number of rotatable bonds is 21. The maximum Gasteiger partial charge on any atom is 0.399 e. The van der Waals surface area contributed by atoms with Crippen molar-refractivity contribution in [1.82, 2.24) is 21.3 Å². The number of phenolic OH excluding ortho intramolecular Hbond substituents is 2. The minimum absolute atomic E-state index is 0.0501. The van der Waals surface area contributed by atoms with Gasteiger partial charge in [0.2, 0.25) is 23.6 Å². The van der Waals surface area contributed by atoms with E-state index in [4.69, 9.17) is 5.73 Å². The molecule has 4 aromatic rings. The molecule has 0 aliphatic heterocycles. The molecule has 5 amide bonds. The minimum Gasteiger partial charge on any atom is -0.504 e. The number of phenols is 2. The zero-order chi connectivity index (χ0) is 44.0. The van der Waals surface area contributed by atoms with Gasteiger partial charge in [-0.3, -0.25) is 28.5 Å². The van der Waals surface area contributed by atoms with Crippen LogP contribution >= 0.6 is 7.60 Å². The Morgan fingerprint density at radius 2 is 1.25 bits per heavy atom. The number of alkyl halides is 2. The van der Waals surface area contributed by atoms with E-state index >= 15 is 0 Å². The van der Waals surface area contributed by atoms with E-state index in [0.717, 1.165) is 36.2 Å². The molecule has 15 nitrogen and oxygen atoms in total. The second-order valence-corrected chi connectivity index (χ2v) is 15.8. The van der Waals surface area contributed by atoms with E-state index in [9.17, 15) is 57.3 Å². The van der Waals surface area contributed by atoms with Crippen LogP contribution in [0.2, 0.25) is 0 Å². The van der Waals surface area contributed by atoms with Crippen LogP contribution in [0.4, 0.5) is 8.78 Å². The van der Waals surface area contributed by atoms with Gasteiger partial charge in [0.05, 0.1) is 6.42 Å². The Hall–Kier alpha value is -6.16. The highest BCUT2D eigenvalue weighted by atomic mass is 31.2. The molecule has 320 valence electrons. The third-order valence-electron chi connectivity index (χ3n) is 9.57. The summed E-state index contributed by atoms with van der Waals surface area (Å²) in [4.78, 5) is 84.5. The number of unbranched alkanes of at least 4 members (excludes halogenated alkanes) is 1. The molecule has 0 aliphatic rings. The number of primary amides is 1. The maximum absolute atomic E-state index is 14.4. The molecule has 0 radical (unpaired) electrons. The number of aryl methyl sites for hydroxylation is 1. The van der Waals surface area contributed by atoms with Crippen LogP contribution in [-0.4, -0.2) is 74.2 Å². The standard InChI is InChI=1S/C42H48F2N5O10P/c1-2-26-11-16-30(17-12-26)39(54)46-21-7-6-10-32(38(45)53)48-41(56)34(23-28-13-18-31(19-14-28)42(43,44)60(57,58)59)49-40(55)33(22-27-8-4-3-5-9-27)47-37(52)25-29-15-20-35(50)36(51)24-29/h3-5,8-9,11-20,24,32-34,50-51H,2,6-7,10,21-23,25H2,1H3,(H2,45,53)(H,46,54)(H,47,52)(H,48,56)(H,49,55)(H2,57,58,59). The summed E-state index contributed by atoms with van der Waals surface area (Å²) in [6.45, 7) is 2.26. The highest BCUT2D eigenvalue weighted by molar-refractivity contribution is 7.52. The Labute approximate surface area is 344 Å². The molecule has 4 aromatic carbocycles. The van der Waals surface area contributed by atoms with Gasteiger partial charge >= 0.3 is 13.3 Å². The van der Waals surface area contributed by atoms with E-state index < -0.39 is 72.1 Å². The van der Waals surface area contributed by atoms with E-state index in [1.54, 1.807) is 42.5 Å². The third kappa shape index (κ3) is 13.4. The second kappa shape index (κ2) is 21.2. The van der Waals surface area contributed by atoms with Crippen LogP contribution in [0.5, 0.6) is 11.5 Å². The smallest absolute Gasteiger partial charge is 0.399 e. The predicted molar refractivity (Wildman–Crippen MR) is 217 cm³/mol. The van der Waals surface area contributed by atoms with Crippen LogP contribution in [0.3, 0.4) is 0 Å². The van der Waals surface area contributed by atoms with E-state index in [1.807, 2.05) is 19.1 Å². The van der Waals surface area contributed by atoms with Gasteiger partial charge < -0.3 is 47.0 Å². The molecule has 3 unspecified atom stereocenters. The first kappa shape index (κ1) is 46.5. The number of nitrogens with two attached hydrogens (primary N) is 1. The summed E-state index contributed by atoms with van der Waals surface area (Å²) in [6.07, 6.45) is 0.895. The van der Waals surface area contributed by atoms with Crippen LogP contribution in [-0.2, 0) is 55.1 Å². The number of nitrogens with one attached hydrogen (secondary N) is 4. The summed E-state index contributed by atoms with van der Waals surface area (Å²) in [5.41, 5.74) is 2.82. The summed E-state index contributed by atoms with van der Waals surface area (Å²) in [6, 6.07) is 19.2. The van der Waals surface area contributed by atoms with Crippen molar-refractivity contribution in [2.45, 2.75) is 75.7 Å². The number of amides is 5. The molecule has 10 N–H and O–H groups in total. The fraction of sp³-hybridized carbons (Fsp3) is 0.310. The summed E-state index contributed by atoms with van der Waals surface area (Å²) >= 11 is 0. The van der Waals surface area contributed by atoms with Crippen molar-refractivity contribution in [2.24, 2.45) is 5.73 Å². The average molecular weight is 852 g/mol. The zero-order valence-corrected chi connectivity index (χ0v) is 33.5. The molecule has 18 heteroatoms. The lowest BCUT2D eigenvalue weighted by atomic mass is 10.0. The monoisotopic (exact) mass is 851 g/mol. The Bertz CT molecular complexity index is 2170. The van der Waals surface area contributed by atoms with E-state index in [2.05, 4.69) is 21.3 Å². The summed E-state index contributed by atoms with van der Waals surface area (Å²) < 4.78 is 40.3. The van der Waals surface area contributed by atoms with Gasteiger partial charge in [-0.05, 0) is 72.2 Å². The number of benzene rings is 4. The third-order valence-corrected chi connectivity index (χ3v) is 10.6. The Balaban J connectivity index is 1.51. The van der Waals surface area contributed by atoms with E-state index in [1.165, 1.54) is 18.2 Å². The van der Waals surface area contributed by atoms with E-state index in [-0.39, 0.29) is 43.7 Å². The molecule has 0 spiro atoms. The molecule has 4 rings (SSSR count). The molecular formula is C42H48F2N5O10P. The lowest BCUT2D eigenvalue weighted by Crippen LogP contribution is -2.57. The topological polar surface area (TPSA) is 257 Å². The summed E-state index contributed by atoms with van der Waals surface area (Å²) in [7, 11) is -5.89. The van der Waals surface area contributed by atoms with Crippen molar-refractivity contribution < 1.29 is 57.3 Å². The first-order valence-corrected chi connectivity index (χ1v) is 20.6. The van der Waals surface area contributed by atoms with Crippen molar-refractivity contribution >= 4 is 37.1 Å². The van der Waals surface area contributed by atoms with Crippen molar-refractivity contribution in [1.29, 1.82) is 0 Å². The van der Waals surface area contributed by atoms with Gasteiger partial charge in [0, 0.05) is 30.5 Å². The highest BCUT2D eigenvalue weighted by Gasteiger charge is 2.50. The van der Waals surface area contributed by atoms with Crippen molar-refractivity contribution in [3.8, 4) is 11.5 Å². The zero-order valence-electron chi connectivity index (χ0n) is 32.6. The molecule has 0 aliphatic carbocycles. The number of carbonyl (C=O) groups is 5. The SMILES string of the molecule is CCc1ccc(C(=O)NCCCCC(NC(=O)C(Cc2ccc(C(F)(F)P(=O)(O)O)cc2)NC(=O)C(Cc2ccccc2)NC(=O)Cc2ccc(O)c(O)c2)C(N)=O)cc1. The molecule has 3 atom stereocenters. The van der Waals surface area contributed by atoms with Crippen molar-refractivity contribution in [2.75, 3.05) is 6.54 Å². The second-order valence-electron chi connectivity index (χ2n) is 14.1.